The number of hydrogen-bond donors (Lipinski definition) is 2. The van der Waals surface area contributed by atoms with Gasteiger partial charge in [0.2, 0.25) is 0 Å². The Morgan fingerprint density at radius 3 is 2.65 bits per heavy atom. The number of para-hydroxylation sites is 1. The second kappa shape index (κ2) is 7.83. The SMILES string of the molecule is Cc1cc(CC(=O)O)ccc1CNC1CCN(c2c(F)cccc2F)C1. The summed E-state index contributed by atoms with van der Waals surface area (Å²) >= 11 is 0. The Morgan fingerprint density at radius 1 is 1.27 bits per heavy atom. The van der Waals surface area contributed by atoms with Crippen LogP contribution >= 0.6 is 0 Å². The number of aliphatic carboxylic acids is 1. The molecule has 0 spiro atoms. The van der Waals surface area contributed by atoms with Crippen molar-refractivity contribution >= 4 is 11.7 Å². The highest BCUT2D eigenvalue weighted by Crippen LogP contribution is 2.27. The van der Waals surface area contributed by atoms with Crippen LogP contribution in [-0.4, -0.2) is 30.2 Å². The van der Waals surface area contributed by atoms with Crippen LogP contribution in [0.3, 0.4) is 0 Å². The number of carbonyl (C=O) groups is 1. The zero-order valence-electron chi connectivity index (χ0n) is 14.6. The van der Waals surface area contributed by atoms with E-state index in [-0.39, 0.29) is 18.2 Å². The smallest absolute Gasteiger partial charge is 0.307 e. The quantitative estimate of drug-likeness (QED) is 0.830. The minimum Gasteiger partial charge on any atom is -0.481 e. The van der Waals surface area contributed by atoms with Crippen LogP contribution in [0.5, 0.6) is 0 Å². The van der Waals surface area contributed by atoms with Gasteiger partial charge in [0.1, 0.15) is 17.3 Å². The van der Waals surface area contributed by atoms with Crippen molar-refractivity contribution in [3.8, 4) is 0 Å². The first kappa shape index (κ1) is 18.3. The molecule has 1 aliphatic heterocycles. The van der Waals surface area contributed by atoms with Gasteiger partial charge in [0.05, 0.1) is 6.42 Å². The van der Waals surface area contributed by atoms with Crippen molar-refractivity contribution in [2.24, 2.45) is 0 Å². The van der Waals surface area contributed by atoms with Crippen molar-refractivity contribution in [3.63, 3.8) is 0 Å². The van der Waals surface area contributed by atoms with Gasteiger partial charge in [-0.2, -0.15) is 0 Å². The maximum atomic E-state index is 13.9. The number of rotatable bonds is 6. The number of nitrogens with zero attached hydrogens (tertiary/aromatic N) is 1. The Kier molecular flexibility index (Phi) is 5.52. The molecule has 1 heterocycles. The summed E-state index contributed by atoms with van der Waals surface area (Å²) in [4.78, 5) is 12.5. The molecule has 2 N–H and O–H groups in total. The van der Waals surface area contributed by atoms with Crippen molar-refractivity contribution in [1.82, 2.24) is 5.32 Å². The molecule has 2 aromatic rings. The van der Waals surface area contributed by atoms with E-state index in [1.807, 2.05) is 25.1 Å². The second-order valence-corrected chi connectivity index (χ2v) is 6.71. The van der Waals surface area contributed by atoms with E-state index in [9.17, 15) is 13.6 Å². The van der Waals surface area contributed by atoms with Gasteiger partial charge in [0, 0.05) is 25.7 Å². The molecule has 0 radical (unpaired) electrons. The molecule has 1 unspecified atom stereocenters. The summed E-state index contributed by atoms with van der Waals surface area (Å²) in [6.07, 6.45) is 0.824. The van der Waals surface area contributed by atoms with Crippen molar-refractivity contribution in [2.45, 2.75) is 32.4 Å². The normalized spacial score (nSPS) is 16.9. The lowest BCUT2D eigenvalue weighted by atomic mass is 10.0. The van der Waals surface area contributed by atoms with E-state index in [1.54, 1.807) is 4.90 Å². The van der Waals surface area contributed by atoms with Gasteiger partial charge < -0.3 is 15.3 Å². The van der Waals surface area contributed by atoms with Crippen LogP contribution < -0.4 is 10.2 Å². The molecule has 2 aromatic carbocycles. The van der Waals surface area contributed by atoms with Crippen molar-refractivity contribution in [1.29, 1.82) is 0 Å². The summed E-state index contributed by atoms with van der Waals surface area (Å²) in [5.74, 6) is -1.91. The molecule has 1 aliphatic rings. The minimum atomic E-state index is -0.846. The number of nitrogens with one attached hydrogen (secondary N) is 1. The number of carboxylic acid groups (broad SMARTS) is 1. The first-order chi connectivity index (χ1) is 12.4. The first-order valence-corrected chi connectivity index (χ1v) is 8.66. The molecule has 1 saturated heterocycles. The van der Waals surface area contributed by atoms with Gasteiger partial charge in [-0.3, -0.25) is 4.79 Å². The Balaban J connectivity index is 1.59. The lowest BCUT2D eigenvalue weighted by Gasteiger charge is -2.20. The Labute approximate surface area is 151 Å². The summed E-state index contributed by atoms with van der Waals surface area (Å²) < 4.78 is 27.8. The third-order valence-corrected chi connectivity index (χ3v) is 4.79. The average molecular weight is 360 g/mol. The number of aryl methyl sites for hydroxylation is 1. The topological polar surface area (TPSA) is 52.6 Å². The zero-order chi connectivity index (χ0) is 18.7. The number of carboxylic acids is 1. The minimum absolute atomic E-state index is 0.0142. The zero-order valence-corrected chi connectivity index (χ0v) is 14.6. The van der Waals surface area contributed by atoms with Gasteiger partial charge in [-0.05, 0) is 42.2 Å². The van der Waals surface area contributed by atoms with Crippen molar-refractivity contribution in [3.05, 3.63) is 64.7 Å². The molecule has 6 heteroatoms. The fourth-order valence-electron chi connectivity index (χ4n) is 3.42. The molecule has 0 bridgehead atoms. The maximum Gasteiger partial charge on any atom is 0.307 e. The van der Waals surface area contributed by atoms with Crippen LogP contribution in [0.25, 0.3) is 0 Å². The molecular weight excluding hydrogens is 338 g/mol. The van der Waals surface area contributed by atoms with Gasteiger partial charge in [-0.15, -0.1) is 0 Å². The number of anilines is 1. The Morgan fingerprint density at radius 2 is 2.00 bits per heavy atom. The second-order valence-electron chi connectivity index (χ2n) is 6.71. The van der Waals surface area contributed by atoms with Crippen LogP contribution in [0.4, 0.5) is 14.5 Å². The predicted octanol–water partition coefficient (Wildman–Crippen LogP) is 3.27. The summed E-state index contributed by atoms with van der Waals surface area (Å²) in [6.45, 7) is 3.75. The molecule has 0 saturated carbocycles. The van der Waals surface area contributed by atoms with Gasteiger partial charge in [0.15, 0.2) is 0 Å². The molecular formula is C20H22F2N2O2. The highest BCUT2D eigenvalue weighted by Gasteiger charge is 2.26. The van der Waals surface area contributed by atoms with Crippen LogP contribution in [0.15, 0.2) is 36.4 Å². The molecule has 0 aromatic heterocycles. The van der Waals surface area contributed by atoms with E-state index in [4.69, 9.17) is 5.11 Å². The van der Waals surface area contributed by atoms with Crippen LogP contribution in [0.2, 0.25) is 0 Å². The largest absolute Gasteiger partial charge is 0.481 e. The third-order valence-electron chi connectivity index (χ3n) is 4.79. The third kappa shape index (κ3) is 4.19. The fourth-order valence-corrected chi connectivity index (χ4v) is 3.42. The Bertz CT molecular complexity index is 790. The van der Waals surface area contributed by atoms with E-state index in [0.717, 1.165) is 23.1 Å². The first-order valence-electron chi connectivity index (χ1n) is 8.66. The average Bonchev–Trinajstić information content (AvgIpc) is 3.02. The molecule has 0 aliphatic carbocycles. The van der Waals surface area contributed by atoms with Gasteiger partial charge in [-0.25, -0.2) is 8.78 Å². The maximum absolute atomic E-state index is 13.9. The van der Waals surface area contributed by atoms with Crippen molar-refractivity contribution in [2.75, 3.05) is 18.0 Å². The van der Waals surface area contributed by atoms with E-state index >= 15 is 0 Å². The van der Waals surface area contributed by atoms with Gasteiger partial charge >= 0.3 is 5.97 Å². The van der Waals surface area contributed by atoms with Gasteiger partial charge in [0.25, 0.3) is 0 Å². The van der Waals surface area contributed by atoms with E-state index < -0.39 is 17.6 Å². The summed E-state index contributed by atoms with van der Waals surface area (Å²) in [7, 11) is 0. The number of benzene rings is 2. The molecule has 3 rings (SSSR count). The van der Waals surface area contributed by atoms with Crippen molar-refractivity contribution < 1.29 is 18.7 Å². The molecule has 4 nitrogen and oxygen atoms in total. The highest BCUT2D eigenvalue weighted by atomic mass is 19.1. The van der Waals surface area contributed by atoms with Crippen LogP contribution in [0, 0.1) is 18.6 Å². The molecule has 0 amide bonds. The summed E-state index contributed by atoms with van der Waals surface area (Å²) in [6, 6.07) is 9.73. The summed E-state index contributed by atoms with van der Waals surface area (Å²) in [5.41, 5.74) is 2.95. The monoisotopic (exact) mass is 360 g/mol. The lowest BCUT2D eigenvalue weighted by Crippen LogP contribution is -2.32. The molecule has 138 valence electrons. The predicted molar refractivity (Wildman–Crippen MR) is 96.3 cm³/mol. The van der Waals surface area contributed by atoms with Crippen LogP contribution in [0.1, 0.15) is 23.1 Å². The lowest BCUT2D eigenvalue weighted by molar-refractivity contribution is -0.136. The van der Waals surface area contributed by atoms with Crippen LogP contribution in [-0.2, 0) is 17.8 Å². The number of hydrogen-bond acceptors (Lipinski definition) is 3. The van der Waals surface area contributed by atoms with E-state index in [1.165, 1.54) is 18.2 Å². The highest BCUT2D eigenvalue weighted by molar-refractivity contribution is 5.70. The van der Waals surface area contributed by atoms with Gasteiger partial charge in [-0.1, -0.05) is 24.3 Å². The standard InChI is InChI=1S/C20H22F2N2O2/c1-13-9-14(10-19(25)26)5-6-15(13)11-23-16-7-8-24(12-16)20-17(21)3-2-4-18(20)22/h2-6,9,16,23H,7-8,10-12H2,1H3,(H,25,26). The molecule has 1 atom stereocenters. The van der Waals surface area contributed by atoms with E-state index in [0.29, 0.717) is 19.6 Å². The molecule has 1 fully saturated rings. The Hall–Kier alpha value is -2.47. The number of halogens is 2. The summed E-state index contributed by atoms with van der Waals surface area (Å²) in [5, 5.41) is 12.3. The molecule has 26 heavy (non-hydrogen) atoms. The fraction of sp³-hybridized carbons (Fsp3) is 0.350. The van der Waals surface area contributed by atoms with E-state index in [2.05, 4.69) is 5.32 Å².